The molecule has 0 aliphatic heterocycles. The topological polar surface area (TPSA) is 41.6 Å². The Morgan fingerprint density at radius 3 is 2.77 bits per heavy atom. The Morgan fingerprint density at radius 2 is 2.09 bits per heavy atom. The molecule has 122 valence electrons. The summed E-state index contributed by atoms with van der Waals surface area (Å²) in [6.07, 6.45) is 2.88. The van der Waals surface area contributed by atoms with E-state index in [0.717, 1.165) is 24.8 Å². The van der Waals surface area contributed by atoms with Gasteiger partial charge < -0.3 is 10.1 Å². The number of hydrogen-bond donors (Lipinski definition) is 1. The van der Waals surface area contributed by atoms with Crippen LogP contribution in [0.25, 0.3) is 0 Å². The summed E-state index contributed by atoms with van der Waals surface area (Å²) in [4.78, 5) is 14.9. The largest absolute Gasteiger partial charge is 0.379 e. The Balaban J connectivity index is 2.02. The maximum absolute atomic E-state index is 12.9. The number of carbonyl (C=O) groups is 1. The van der Waals surface area contributed by atoms with Crippen LogP contribution in [0.3, 0.4) is 0 Å². The SMILES string of the molecule is CC(C)OCCCNC(=O)[C@]1(N(C)C)CCc2ccccc21. The lowest BCUT2D eigenvalue weighted by Gasteiger charge is -2.35. The zero-order chi connectivity index (χ0) is 16.2. The van der Waals surface area contributed by atoms with E-state index in [4.69, 9.17) is 4.74 Å². The highest BCUT2D eigenvalue weighted by Gasteiger charge is 2.46. The van der Waals surface area contributed by atoms with E-state index >= 15 is 0 Å². The van der Waals surface area contributed by atoms with Crippen LogP contribution in [0.2, 0.25) is 0 Å². The molecule has 2 rings (SSSR count). The van der Waals surface area contributed by atoms with Gasteiger partial charge in [0.25, 0.3) is 0 Å². The molecule has 1 aliphatic rings. The first-order valence-corrected chi connectivity index (χ1v) is 8.14. The quantitative estimate of drug-likeness (QED) is 0.786. The molecule has 0 saturated heterocycles. The number of nitrogens with zero attached hydrogens (tertiary/aromatic N) is 1. The molecule has 22 heavy (non-hydrogen) atoms. The summed E-state index contributed by atoms with van der Waals surface area (Å²) in [7, 11) is 3.98. The van der Waals surface area contributed by atoms with Crippen LogP contribution in [0.5, 0.6) is 0 Å². The fraction of sp³-hybridized carbons (Fsp3) is 0.611. The lowest BCUT2D eigenvalue weighted by Crippen LogP contribution is -2.52. The van der Waals surface area contributed by atoms with Crippen molar-refractivity contribution in [2.45, 2.75) is 44.8 Å². The monoisotopic (exact) mass is 304 g/mol. The Morgan fingerprint density at radius 1 is 1.36 bits per heavy atom. The van der Waals surface area contributed by atoms with Gasteiger partial charge in [-0.25, -0.2) is 0 Å². The first-order valence-electron chi connectivity index (χ1n) is 8.14. The maximum Gasteiger partial charge on any atom is 0.245 e. The van der Waals surface area contributed by atoms with Gasteiger partial charge in [0.15, 0.2) is 0 Å². The van der Waals surface area contributed by atoms with Gasteiger partial charge in [0.2, 0.25) is 5.91 Å². The van der Waals surface area contributed by atoms with Crippen LogP contribution >= 0.6 is 0 Å². The number of rotatable bonds is 7. The van der Waals surface area contributed by atoms with Gasteiger partial charge in [0, 0.05) is 13.2 Å². The molecule has 0 radical (unpaired) electrons. The number of nitrogens with one attached hydrogen (secondary N) is 1. The van der Waals surface area contributed by atoms with Gasteiger partial charge in [-0.15, -0.1) is 0 Å². The van der Waals surface area contributed by atoms with E-state index < -0.39 is 5.54 Å². The van der Waals surface area contributed by atoms with Crippen LogP contribution in [0, 0.1) is 0 Å². The fourth-order valence-corrected chi connectivity index (χ4v) is 3.23. The minimum Gasteiger partial charge on any atom is -0.379 e. The number of carbonyl (C=O) groups excluding carboxylic acids is 1. The Hall–Kier alpha value is -1.39. The third-order valence-electron chi connectivity index (χ3n) is 4.42. The van der Waals surface area contributed by atoms with Crippen molar-refractivity contribution in [3.63, 3.8) is 0 Å². The first-order chi connectivity index (χ1) is 10.5. The summed E-state index contributed by atoms with van der Waals surface area (Å²) in [5.41, 5.74) is 1.90. The summed E-state index contributed by atoms with van der Waals surface area (Å²) in [6.45, 7) is 5.39. The van der Waals surface area contributed by atoms with Crippen molar-refractivity contribution in [1.82, 2.24) is 10.2 Å². The van der Waals surface area contributed by atoms with Gasteiger partial charge in [0.05, 0.1) is 6.10 Å². The highest BCUT2D eigenvalue weighted by Crippen LogP contribution is 2.40. The van der Waals surface area contributed by atoms with Gasteiger partial charge in [-0.3, -0.25) is 9.69 Å². The van der Waals surface area contributed by atoms with Crippen molar-refractivity contribution in [2.75, 3.05) is 27.2 Å². The highest BCUT2D eigenvalue weighted by atomic mass is 16.5. The molecule has 1 aromatic rings. The molecule has 0 spiro atoms. The summed E-state index contributed by atoms with van der Waals surface area (Å²) in [6, 6.07) is 8.28. The van der Waals surface area contributed by atoms with Crippen LogP contribution in [-0.4, -0.2) is 44.2 Å². The molecule has 1 aromatic carbocycles. The Bertz CT molecular complexity index is 514. The molecule has 0 fully saturated rings. The number of benzene rings is 1. The molecule has 0 unspecified atom stereocenters. The van der Waals surface area contributed by atoms with E-state index in [1.54, 1.807) is 0 Å². The second-order valence-corrected chi connectivity index (χ2v) is 6.44. The summed E-state index contributed by atoms with van der Waals surface area (Å²) < 4.78 is 5.52. The van der Waals surface area contributed by atoms with Crippen molar-refractivity contribution in [3.05, 3.63) is 35.4 Å². The van der Waals surface area contributed by atoms with Gasteiger partial charge >= 0.3 is 0 Å². The molecule has 0 saturated carbocycles. The number of ether oxygens (including phenoxy) is 1. The van der Waals surface area contributed by atoms with Crippen molar-refractivity contribution < 1.29 is 9.53 Å². The summed E-state index contributed by atoms with van der Waals surface area (Å²) >= 11 is 0. The standard InChI is InChI=1S/C18H28N2O2/c1-14(2)22-13-7-12-19-17(21)18(20(3)4)11-10-15-8-5-6-9-16(15)18/h5-6,8-9,14H,7,10-13H2,1-4H3,(H,19,21)/t18-/m0/s1. The second kappa shape index (κ2) is 7.25. The smallest absolute Gasteiger partial charge is 0.245 e. The van der Waals surface area contributed by atoms with Crippen molar-refractivity contribution >= 4 is 5.91 Å². The molecule has 1 N–H and O–H groups in total. The zero-order valence-electron chi connectivity index (χ0n) is 14.2. The minimum atomic E-state index is -0.532. The van der Waals surface area contributed by atoms with Crippen LogP contribution in [0.15, 0.2) is 24.3 Å². The number of likely N-dealkylation sites (N-methyl/N-ethyl adjacent to an activating group) is 1. The van der Waals surface area contributed by atoms with Crippen LogP contribution in [0.4, 0.5) is 0 Å². The summed E-state index contributed by atoms with van der Waals surface area (Å²) in [5.74, 6) is 0.104. The van der Waals surface area contributed by atoms with E-state index in [-0.39, 0.29) is 12.0 Å². The van der Waals surface area contributed by atoms with Gasteiger partial charge in [0.1, 0.15) is 5.54 Å². The molecular weight excluding hydrogens is 276 g/mol. The molecule has 0 aromatic heterocycles. The van der Waals surface area contributed by atoms with Crippen molar-refractivity contribution in [2.24, 2.45) is 0 Å². The molecule has 4 heteroatoms. The molecule has 1 atom stereocenters. The van der Waals surface area contributed by atoms with Crippen LogP contribution in [-0.2, 0) is 21.5 Å². The lowest BCUT2D eigenvalue weighted by atomic mass is 9.89. The average Bonchev–Trinajstić information content (AvgIpc) is 2.87. The highest BCUT2D eigenvalue weighted by molar-refractivity contribution is 5.89. The van der Waals surface area contributed by atoms with Crippen LogP contribution in [0.1, 0.15) is 37.8 Å². The van der Waals surface area contributed by atoms with Crippen LogP contribution < -0.4 is 5.32 Å². The van der Waals surface area contributed by atoms with E-state index in [1.807, 2.05) is 40.1 Å². The van der Waals surface area contributed by atoms with E-state index in [0.29, 0.717) is 13.2 Å². The van der Waals surface area contributed by atoms with Gasteiger partial charge in [-0.2, -0.15) is 0 Å². The number of fused-ring (bicyclic) bond motifs is 1. The molecule has 0 heterocycles. The Labute approximate surface area is 133 Å². The molecule has 1 amide bonds. The van der Waals surface area contributed by atoms with E-state index in [1.165, 1.54) is 5.56 Å². The third-order valence-corrected chi connectivity index (χ3v) is 4.42. The first kappa shape index (κ1) is 17.0. The van der Waals surface area contributed by atoms with Crippen molar-refractivity contribution in [3.8, 4) is 0 Å². The Kier molecular flexibility index (Phi) is 5.59. The van der Waals surface area contributed by atoms with E-state index in [9.17, 15) is 4.79 Å². The number of amides is 1. The number of hydrogen-bond acceptors (Lipinski definition) is 3. The summed E-state index contributed by atoms with van der Waals surface area (Å²) in [5, 5.41) is 3.10. The average molecular weight is 304 g/mol. The van der Waals surface area contributed by atoms with Crippen molar-refractivity contribution in [1.29, 1.82) is 0 Å². The molecule has 0 bridgehead atoms. The van der Waals surface area contributed by atoms with E-state index in [2.05, 4.69) is 22.3 Å². The van der Waals surface area contributed by atoms with Gasteiger partial charge in [-0.05, 0) is 58.3 Å². The third kappa shape index (κ3) is 3.33. The molecular formula is C18H28N2O2. The fourth-order valence-electron chi connectivity index (χ4n) is 3.23. The second-order valence-electron chi connectivity index (χ2n) is 6.44. The molecule has 4 nitrogen and oxygen atoms in total. The number of aryl methyl sites for hydroxylation is 1. The van der Waals surface area contributed by atoms with Gasteiger partial charge in [-0.1, -0.05) is 24.3 Å². The normalized spacial score (nSPS) is 20.5. The zero-order valence-corrected chi connectivity index (χ0v) is 14.2. The predicted octanol–water partition coefficient (Wildman–Crippen LogP) is 2.32. The maximum atomic E-state index is 12.9. The molecule has 1 aliphatic carbocycles. The lowest BCUT2D eigenvalue weighted by molar-refractivity contribution is -0.132. The minimum absolute atomic E-state index is 0.104. The predicted molar refractivity (Wildman–Crippen MR) is 88.8 cm³/mol.